The maximum Gasteiger partial charge on any atom is 0.194 e. The van der Waals surface area contributed by atoms with E-state index < -0.39 is 0 Å². The Kier molecular flexibility index (Phi) is 1.06. The predicted molar refractivity (Wildman–Crippen MR) is 29.9 cm³/mol. The van der Waals surface area contributed by atoms with Crippen LogP contribution in [-0.4, -0.2) is 30.2 Å². The zero-order chi connectivity index (χ0) is 6.32. The quantitative estimate of drug-likeness (QED) is 0.465. The van der Waals surface area contributed by atoms with Gasteiger partial charge < -0.3 is 14.6 Å². The molecule has 0 radical (unpaired) electrons. The highest BCUT2D eigenvalue weighted by Gasteiger charge is 2.49. The number of ether oxygens (including phenoxy) is 2. The molecular formula is C6H10O3. The van der Waals surface area contributed by atoms with Crippen molar-refractivity contribution in [3.05, 3.63) is 0 Å². The second kappa shape index (κ2) is 1.68. The normalized spacial score (nSPS) is 49.7. The average Bonchev–Trinajstić information content (AvgIpc) is 2.49. The summed E-state index contributed by atoms with van der Waals surface area (Å²) >= 11 is 0. The van der Waals surface area contributed by atoms with Gasteiger partial charge in [0.1, 0.15) is 6.61 Å². The molecule has 2 atom stereocenters. The number of aliphatic hydroxyl groups excluding tert-OH is 1. The summed E-state index contributed by atoms with van der Waals surface area (Å²) in [6, 6.07) is 0. The molecule has 2 heterocycles. The molecule has 52 valence electrons. The molecule has 0 saturated carbocycles. The molecule has 0 aliphatic carbocycles. The van der Waals surface area contributed by atoms with Crippen molar-refractivity contribution in [2.75, 3.05) is 13.2 Å². The summed E-state index contributed by atoms with van der Waals surface area (Å²) in [6.07, 6.45) is 1.21. The van der Waals surface area contributed by atoms with Gasteiger partial charge >= 0.3 is 0 Å². The van der Waals surface area contributed by atoms with E-state index in [0.29, 0.717) is 19.6 Å². The Balaban J connectivity index is 1.96. The lowest BCUT2D eigenvalue weighted by atomic mass is 10.1. The van der Waals surface area contributed by atoms with Crippen LogP contribution < -0.4 is 0 Å². The number of hydrogen-bond acceptors (Lipinski definition) is 3. The lowest BCUT2D eigenvalue weighted by Crippen LogP contribution is -2.31. The SMILES string of the molecule is O[C@@H]1CCOC2(CO2)C1. The molecule has 3 heteroatoms. The highest BCUT2D eigenvalue weighted by molar-refractivity contribution is 4.87. The maximum atomic E-state index is 9.12. The molecule has 0 amide bonds. The summed E-state index contributed by atoms with van der Waals surface area (Å²) in [5.74, 6) is -0.350. The van der Waals surface area contributed by atoms with Gasteiger partial charge in [-0.1, -0.05) is 0 Å². The first-order valence-electron chi connectivity index (χ1n) is 3.27. The topological polar surface area (TPSA) is 42.0 Å². The van der Waals surface area contributed by atoms with E-state index >= 15 is 0 Å². The first-order valence-corrected chi connectivity index (χ1v) is 3.27. The molecule has 0 aromatic heterocycles. The molecule has 2 aliphatic heterocycles. The van der Waals surface area contributed by atoms with Crippen LogP contribution in [0.4, 0.5) is 0 Å². The van der Waals surface area contributed by atoms with Crippen molar-refractivity contribution in [1.29, 1.82) is 0 Å². The van der Waals surface area contributed by atoms with Gasteiger partial charge in [-0.3, -0.25) is 0 Å². The summed E-state index contributed by atoms with van der Waals surface area (Å²) in [4.78, 5) is 0. The maximum absolute atomic E-state index is 9.12. The van der Waals surface area contributed by atoms with E-state index in [-0.39, 0.29) is 11.9 Å². The lowest BCUT2D eigenvalue weighted by molar-refractivity contribution is -0.112. The van der Waals surface area contributed by atoms with E-state index in [0.717, 1.165) is 6.42 Å². The molecule has 1 N–H and O–H groups in total. The largest absolute Gasteiger partial charge is 0.393 e. The van der Waals surface area contributed by atoms with E-state index in [4.69, 9.17) is 14.6 Å². The lowest BCUT2D eigenvalue weighted by Gasteiger charge is -2.22. The van der Waals surface area contributed by atoms with Gasteiger partial charge in [0, 0.05) is 6.42 Å². The number of aliphatic hydroxyl groups is 1. The Morgan fingerprint density at radius 2 is 2.22 bits per heavy atom. The number of rotatable bonds is 0. The van der Waals surface area contributed by atoms with Gasteiger partial charge in [-0.15, -0.1) is 0 Å². The second-order valence-corrected chi connectivity index (χ2v) is 2.69. The fourth-order valence-electron chi connectivity index (χ4n) is 1.18. The number of epoxide rings is 1. The van der Waals surface area contributed by atoms with Crippen LogP contribution in [0.3, 0.4) is 0 Å². The Labute approximate surface area is 53.6 Å². The minimum Gasteiger partial charge on any atom is -0.393 e. The Morgan fingerprint density at radius 3 is 2.67 bits per heavy atom. The van der Waals surface area contributed by atoms with Crippen molar-refractivity contribution < 1.29 is 14.6 Å². The average molecular weight is 130 g/mol. The Hall–Kier alpha value is -0.120. The molecule has 2 fully saturated rings. The summed E-state index contributed by atoms with van der Waals surface area (Å²) < 4.78 is 10.3. The molecule has 0 aromatic carbocycles. The van der Waals surface area contributed by atoms with Crippen molar-refractivity contribution in [2.24, 2.45) is 0 Å². The molecule has 2 saturated heterocycles. The van der Waals surface area contributed by atoms with Crippen LogP contribution in [0, 0.1) is 0 Å². The monoisotopic (exact) mass is 130 g/mol. The molecule has 2 aliphatic rings. The van der Waals surface area contributed by atoms with Crippen LogP contribution in [0.1, 0.15) is 12.8 Å². The van der Waals surface area contributed by atoms with Gasteiger partial charge in [0.15, 0.2) is 5.79 Å². The molecule has 0 bridgehead atoms. The third-order valence-electron chi connectivity index (χ3n) is 1.83. The van der Waals surface area contributed by atoms with Crippen LogP contribution in [0.25, 0.3) is 0 Å². The third-order valence-corrected chi connectivity index (χ3v) is 1.83. The molecule has 0 aromatic rings. The van der Waals surface area contributed by atoms with Crippen molar-refractivity contribution in [2.45, 2.75) is 24.7 Å². The van der Waals surface area contributed by atoms with Gasteiger partial charge in [-0.05, 0) is 6.42 Å². The van der Waals surface area contributed by atoms with Gasteiger partial charge in [-0.25, -0.2) is 0 Å². The van der Waals surface area contributed by atoms with Crippen LogP contribution in [0.15, 0.2) is 0 Å². The third kappa shape index (κ3) is 0.956. The van der Waals surface area contributed by atoms with Gasteiger partial charge in [0.05, 0.1) is 12.7 Å². The molecule has 1 unspecified atom stereocenters. The highest BCUT2D eigenvalue weighted by Crippen LogP contribution is 2.37. The molecular weight excluding hydrogens is 120 g/mol. The van der Waals surface area contributed by atoms with E-state index in [1.165, 1.54) is 0 Å². The van der Waals surface area contributed by atoms with Gasteiger partial charge in [0.25, 0.3) is 0 Å². The predicted octanol–water partition coefficient (Wildman–Crippen LogP) is -0.116. The highest BCUT2D eigenvalue weighted by atomic mass is 16.8. The van der Waals surface area contributed by atoms with Crippen molar-refractivity contribution >= 4 is 0 Å². The van der Waals surface area contributed by atoms with Crippen LogP contribution in [0.2, 0.25) is 0 Å². The molecule has 9 heavy (non-hydrogen) atoms. The molecule has 3 nitrogen and oxygen atoms in total. The van der Waals surface area contributed by atoms with E-state index in [9.17, 15) is 0 Å². The fourth-order valence-corrected chi connectivity index (χ4v) is 1.18. The van der Waals surface area contributed by atoms with E-state index in [1.54, 1.807) is 0 Å². The van der Waals surface area contributed by atoms with E-state index in [1.807, 2.05) is 0 Å². The number of hydrogen-bond donors (Lipinski definition) is 1. The first-order chi connectivity index (χ1) is 4.31. The zero-order valence-corrected chi connectivity index (χ0v) is 5.17. The molecule has 1 spiro atoms. The fraction of sp³-hybridized carbons (Fsp3) is 1.00. The van der Waals surface area contributed by atoms with Gasteiger partial charge in [-0.2, -0.15) is 0 Å². The molecule has 2 rings (SSSR count). The minimum atomic E-state index is -0.350. The van der Waals surface area contributed by atoms with Crippen molar-refractivity contribution in [3.63, 3.8) is 0 Å². The van der Waals surface area contributed by atoms with Crippen LogP contribution in [-0.2, 0) is 9.47 Å². The minimum absolute atomic E-state index is 0.207. The summed E-state index contributed by atoms with van der Waals surface area (Å²) in [7, 11) is 0. The first kappa shape index (κ1) is 5.65. The van der Waals surface area contributed by atoms with Crippen molar-refractivity contribution in [3.8, 4) is 0 Å². The standard InChI is InChI=1S/C6H10O3/c7-5-1-2-8-6(3-5)4-9-6/h5,7H,1-4H2/t5-,6?/m1/s1. The van der Waals surface area contributed by atoms with E-state index in [2.05, 4.69) is 0 Å². The Morgan fingerprint density at radius 1 is 1.44 bits per heavy atom. The Bertz CT molecular complexity index is 119. The summed E-state index contributed by atoms with van der Waals surface area (Å²) in [5.41, 5.74) is 0. The van der Waals surface area contributed by atoms with Crippen molar-refractivity contribution in [1.82, 2.24) is 0 Å². The summed E-state index contributed by atoms with van der Waals surface area (Å²) in [6.45, 7) is 1.31. The zero-order valence-electron chi connectivity index (χ0n) is 5.17. The smallest absolute Gasteiger partial charge is 0.194 e. The van der Waals surface area contributed by atoms with Gasteiger partial charge in [0.2, 0.25) is 0 Å². The summed E-state index contributed by atoms with van der Waals surface area (Å²) in [5, 5.41) is 9.12. The van der Waals surface area contributed by atoms with Crippen LogP contribution in [0.5, 0.6) is 0 Å². The van der Waals surface area contributed by atoms with Crippen LogP contribution >= 0.6 is 0 Å². The second-order valence-electron chi connectivity index (χ2n) is 2.69.